The second kappa shape index (κ2) is 5.88. The molecule has 6 heteroatoms. The second-order valence-electron chi connectivity index (χ2n) is 4.16. The Morgan fingerprint density at radius 1 is 1.20 bits per heavy atom. The number of amides is 1. The Bertz CT molecular complexity index is 621. The number of nitrogens with two attached hydrogens (primary N) is 1. The molecule has 2 aromatic carbocycles. The van der Waals surface area contributed by atoms with Crippen molar-refractivity contribution >= 4 is 23.2 Å². The van der Waals surface area contributed by atoms with Gasteiger partial charge in [-0.25, -0.2) is 8.78 Å². The van der Waals surface area contributed by atoms with Gasteiger partial charge in [-0.3, -0.25) is 4.79 Å². The van der Waals surface area contributed by atoms with Gasteiger partial charge in [0, 0.05) is 18.2 Å². The Morgan fingerprint density at radius 3 is 2.40 bits per heavy atom. The SMILES string of the molecule is NC(=O)c1ccc(CNc2c(F)cc(F)cc2Cl)cc1. The highest BCUT2D eigenvalue weighted by Crippen LogP contribution is 2.26. The zero-order valence-electron chi connectivity index (χ0n) is 10.3. The fraction of sp³-hybridized carbons (Fsp3) is 0.0714. The predicted octanol–water partition coefficient (Wildman–Crippen LogP) is 3.33. The summed E-state index contributed by atoms with van der Waals surface area (Å²) in [5.74, 6) is -2.01. The van der Waals surface area contributed by atoms with Gasteiger partial charge in [0.1, 0.15) is 5.82 Å². The van der Waals surface area contributed by atoms with Crippen molar-refractivity contribution in [3.63, 3.8) is 0 Å². The molecule has 2 aromatic rings. The van der Waals surface area contributed by atoms with Gasteiger partial charge in [0.15, 0.2) is 5.82 Å². The predicted molar refractivity (Wildman–Crippen MR) is 73.7 cm³/mol. The number of hydrogen-bond donors (Lipinski definition) is 2. The number of carbonyl (C=O) groups is 1. The van der Waals surface area contributed by atoms with Crippen molar-refractivity contribution < 1.29 is 13.6 Å². The number of anilines is 1. The van der Waals surface area contributed by atoms with Crippen molar-refractivity contribution in [1.29, 1.82) is 0 Å². The minimum absolute atomic E-state index is 0.0312. The largest absolute Gasteiger partial charge is 0.377 e. The number of hydrogen-bond acceptors (Lipinski definition) is 2. The van der Waals surface area contributed by atoms with Gasteiger partial charge >= 0.3 is 0 Å². The summed E-state index contributed by atoms with van der Waals surface area (Å²) in [6, 6.07) is 8.29. The lowest BCUT2D eigenvalue weighted by Gasteiger charge is -2.10. The minimum Gasteiger partial charge on any atom is -0.377 e. The van der Waals surface area contributed by atoms with E-state index in [9.17, 15) is 13.6 Å². The smallest absolute Gasteiger partial charge is 0.248 e. The van der Waals surface area contributed by atoms with E-state index in [4.69, 9.17) is 17.3 Å². The molecule has 0 unspecified atom stereocenters. The molecule has 0 atom stereocenters. The van der Waals surface area contributed by atoms with E-state index >= 15 is 0 Å². The van der Waals surface area contributed by atoms with Crippen LogP contribution in [0.15, 0.2) is 36.4 Å². The summed E-state index contributed by atoms with van der Waals surface area (Å²) in [6.07, 6.45) is 0. The summed E-state index contributed by atoms with van der Waals surface area (Å²) < 4.78 is 26.4. The lowest BCUT2D eigenvalue weighted by atomic mass is 10.1. The minimum atomic E-state index is -0.760. The summed E-state index contributed by atoms with van der Waals surface area (Å²) in [4.78, 5) is 10.9. The Morgan fingerprint density at radius 2 is 1.85 bits per heavy atom. The maximum absolute atomic E-state index is 13.5. The van der Waals surface area contributed by atoms with Crippen LogP contribution < -0.4 is 11.1 Å². The van der Waals surface area contributed by atoms with Crippen LogP contribution in [0.3, 0.4) is 0 Å². The van der Waals surface area contributed by atoms with E-state index in [-0.39, 0.29) is 17.3 Å². The normalized spacial score (nSPS) is 10.3. The molecule has 1 amide bonds. The van der Waals surface area contributed by atoms with Crippen molar-refractivity contribution in [3.05, 3.63) is 64.2 Å². The first kappa shape index (κ1) is 14.3. The number of benzene rings is 2. The molecule has 20 heavy (non-hydrogen) atoms. The van der Waals surface area contributed by atoms with Gasteiger partial charge in [0.05, 0.1) is 10.7 Å². The maximum atomic E-state index is 13.5. The molecule has 0 radical (unpaired) electrons. The zero-order valence-corrected chi connectivity index (χ0v) is 11.0. The van der Waals surface area contributed by atoms with Crippen molar-refractivity contribution in [2.24, 2.45) is 5.73 Å². The topological polar surface area (TPSA) is 55.1 Å². The highest BCUT2D eigenvalue weighted by molar-refractivity contribution is 6.33. The summed E-state index contributed by atoms with van der Waals surface area (Å²) in [7, 11) is 0. The number of halogens is 3. The van der Waals surface area contributed by atoms with Crippen molar-refractivity contribution in [3.8, 4) is 0 Å². The Labute approximate surface area is 119 Å². The molecule has 104 valence electrons. The molecular formula is C14H11ClF2N2O. The van der Waals surface area contributed by atoms with Gasteiger partial charge in [-0.2, -0.15) is 0 Å². The summed E-state index contributed by atoms with van der Waals surface area (Å²) in [5.41, 5.74) is 6.35. The second-order valence-corrected chi connectivity index (χ2v) is 4.57. The van der Waals surface area contributed by atoms with Crippen LogP contribution in [0.2, 0.25) is 5.02 Å². The third-order valence-corrected chi connectivity index (χ3v) is 3.01. The van der Waals surface area contributed by atoms with Gasteiger partial charge in [0.2, 0.25) is 5.91 Å². The molecule has 3 nitrogen and oxygen atoms in total. The first-order chi connectivity index (χ1) is 9.47. The Balaban J connectivity index is 2.11. The third-order valence-electron chi connectivity index (χ3n) is 2.71. The van der Waals surface area contributed by atoms with Crippen LogP contribution in [0.1, 0.15) is 15.9 Å². The molecule has 0 aliphatic rings. The van der Waals surface area contributed by atoms with Crippen LogP contribution >= 0.6 is 11.6 Å². The molecule has 0 aromatic heterocycles. The molecule has 3 N–H and O–H groups in total. The van der Waals surface area contributed by atoms with E-state index in [1.165, 1.54) is 0 Å². The Hall–Kier alpha value is -2.14. The van der Waals surface area contributed by atoms with Gasteiger partial charge in [-0.15, -0.1) is 0 Å². The number of primary amides is 1. The monoisotopic (exact) mass is 296 g/mol. The summed E-state index contributed by atoms with van der Waals surface area (Å²) in [6.45, 7) is 0.279. The van der Waals surface area contributed by atoms with Gasteiger partial charge in [-0.05, 0) is 23.8 Å². The van der Waals surface area contributed by atoms with Crippen LogP contribution in [-0.4, -0.2) is 5.91 Å². The molecule has 0 saturated heterocycles. The lowest BCUT2D eigenvalue weighted by Crippen LogP contribution is -2.11. The fourth-order valence-electron chi connectivity index (χ4n) is 1.69. The van der Waals surface area contributed by atoms with E-state index in [1.54, 1.807) is 24.3 Å². The summed E-state index contributed by atoms with van der Waals surface area (Å²) >= 11 is 5.76. The number of carbonyl (C=O) groups excluding carboxylic acids is 1. The van der Waals surface area contributed by atoms with Gasteiger partial charge in [-0.1, -0.05) is 23.7 Å². The number of rotatable bonds is 4. The van der Waals surface area contributed by atoms with Crippen LogP contribution in [-0.2, 0) is 6.54 Å². The van der Waals surface area contributed by atoms with Crippen LogP contribution in [0.5, 0.6) is 0 Å². The molecule has 0 fully saturated rings. The van der Waals surface area contributed by atoms with Crippen molar-refractivity contribution in [2.75, 3.05) is 5.32 Å². The molecular weight excluding hydrogens is 286 g/mol. The fourth-order valence-corrected chi connectivity index (χ4v) is 1.95. The maximum Gasteiger partial charge on any atom is 0.248 e. The van der Waals surface area contributed by atoms with Crippen LogP contribution in [0.4, 0.5) is 14.5 Å². The average molecular weight is 297 g/mol. The lowest BCUT2D eigenvalue weighted by molar-refractivity contribution is 0.100. The van der Waals surface area contributed by atoms with Gasteiger partial charge in [0.25, 0.3) is 0 Å². The number of nitrogens with one attached hydrogen (secondary N) is 1. The van der Waals surface area contributed by atoms with Crippen LogP contribution in [0.25, 0.3) is 0 Å². The van der Waals surface area contributed by atoms with E-state index in [0.717, 1.165) is 17.7 Å². The van der Waals surface area contributed by atoms with Crippen molar-refractivity contribution in [2.45, 2.75) is 6.54 Å². The van der Waals surface area contributed by atoms with Gasteiger partial charge < -0.3 is 11.1 Å². The zero-order chi connectivity index (χ0) is 14.7. The Kier molecular flexibility index (Phi) is 4.20. The molecule has 0 saturated carbocycles. The molecule has 0 spiro atoms. The molecule has 0 heterocycles. The van der Waals surface area contributed by atoms with E-state index in [0.29, 0.717) is 5.56 Å². The first-order valence-corrected chi connectivity index (χ1v) is 6.12. The van der Waals surface area contributed by atoms with Crippen LogP contribution in [0, 0.1) is 11.6 Å². The third kappa shape index (κ3) is 3.24. The summed E-state index contributed by atoms with van der Waals surface area (Å²) in [5, 5.41) is 2.75. The first-order valence-electron chi connectivity index (χ1n) is 5.74. The molecule has 0 aliphatic heterocycles. The highest BCUT2D eigenvalue weighted by atomic mass is 35.5. The molecule has 2 rings (SSSR count). The standard InChI is InChI=1S/C14H11ClF2N2O/c15-11-5-10(16)6-12(17)13(11)19-7-8-1-3-9(4-2-8)14(18)20/h1-6,19H,7H2,(H2,18,20). The van der Waals surface area contributed by atoms with E-state index in [1.807, 2.05) is 0 Å². The van der Waals surface area contributed by atoms with Crippen molar-refractivity contribution in [1.82, 2.24) is 0 Å². The highest BCUT2D eigenvalue weighted by Gasteiger charge is 2.09. The average Bonchev–Trinajstić information content (AvgIpc) is 2.38. The molecule has 0 bridgehead atoms. The van der Waals surface area contributed by atoms with E-state index < -0.39 is 17.5 Å². The van der Waals surface area contributed by atoms with E-state index in [2.05, 4.69) is 5.32 Å². The quantitative estimate of drug-likeness (QED) is 0.909. The molecule has 0 aliphatic carbocycles.